The summed E-state index contributed by atoms with van der Waals surface area (Å²) in [6.07, 6.45) is 5.69. The van der Waals surface area contributed by atoms with Crippen molar-refractivity contribution in [2.75, 3.05) is 26.8 Å². The molecule has 1 N–H and O–H groups in total. The molecule has 0 unspecified atom stereocenters. The average Bonchev–Trinajstić information content (AvgIpc) is 2.82. The maximum Gasteiger partial charge on any atom is 0.225 e. The van der Waals surface area contributed by atoms with Crippen LogP contribution in [-0.4, -0.2) is 59.2 Å². The van der Waals surface area contributed by atoms with E-state index in [0.29, 0.717) is 5.91 Å². The average molecular weight is 435 g/mol. The number of rotatable bonds is 6. The first-order chi connectivity index (χ1) is 15.7. The quantitative estimate of drug-likeness (QED) is 0.751. The van der Waals surface area contributed by atoms with Gasteiger partial charge in [0, 0.05) is 37.5 Å². The largest absolute Gasteiger partial charge is 0.497 e. The number of carbonyl (C=O) groups is 1. The van der Waals surface area contributed by atoms with Crippen molar-refractivity contribution in [1.29, 1.82) is 0 Å². The van der Waals surface area contributed by atoms with Crippen molar-refractivity contribution < 1.29 is 14.6 Å². The molecule has 32 heavy (non-hydrogen) atoms. The van der Waals surface area contributed by atoms with Crippen LogP contribution in [0, 0.1) is 5.92 Å². The van der Waals surface area contributed by atoms with Gasteiger partial charge in [-0.15, -0.1) is 0 Å². The summed E-state index contributed by atoms with van der Waals surface area (Å²) in [6, 6.07) is 18.7. The van der Waals surface area contributed by atoms with E-state index in [1.165, 1.54) is 30.4 Å². The minimum absolute atomic E-state index is 0.0514. The van der Waals surface area contributed by atoms with Crippen LogP contribution in [0.1, 0.15) is 49.1 Å². The Morgan fingerprint density at radius 1 is 1.06 bits per heavy atom. The lowest BCUT2D eigenvalue weighted by atomic mass is 9.60. The van der Waals surface area contributed by atoms with Crippen molar-refractivity contribution in [2.24, 2.45) is 5.92 Å². The predicted octanol–water partition coefficient (Wildman–Crippen LogP) is 3.82. The minimum Gasteiger partial charge on any atom is -0.497 e. The van der Waals surface area contributed by atoms with Crippen LogP contribution in [-0.2, 0) is 11.3 Å². The molecule has 1 saturated carbocycles. The number of benzene rings is 2. The molecule has 1 amide bonds. The van der Waals surface area contributed by atoms with E-state index in [1.807, 2.05) is 18.2 Å². The van der Waals surface area contributed by atoms with Crippen molar-refractivity contribution in [2.45, 2.75) is 56.1 Å². The fourth-order valence-electron chi connectivity index (χ4n) is 6.36. The van der Waals surface area contributed by atoms with Crippen LogP contribution in [0.15, 0.2) is 54.6 Å². The molecule has 5 heteroatoms. The number of nitrogens with zero attached hydrogens (tertiary/aromatic N) is 2. The standard InChI is InChI=1S/C27H34N2O3/c1-32-23-14-8-9-20(15-23)16-29-24(17-30)25(21-10-4-2-5-11-21)27(29)18-28(19-27)26(31)22-12-6-3-7-13-22/h2,4-5,8-11,14-15,22,24-25,30H,3,6-7,12-13,16-19H2,1H3/t24-,25-/m1/s1. The number of aliphatic hydroxyl groups excluding tert-OH is 1. The van der Waals surface area contributed by atoms with Crippen molar-refractivity contribution in [3.05, 3.63) is 65.7 Å². The van der Waals surface area contributed by atoms with Gasteiger partial charge in [0.2, 0.25) is 5.91 Å². The summed E-state index contributed by atoms with van der Waals surface area (Å²) in [5, 5.41) is 10.4. The number of amides is 1. The maximum atomic E-state index is 13.2. The van der Waals surface area contributed by atoms with Crippen LogP contribution in [0.2, 0.25) is 0 Å². The van der Waals surface area contributed by atoms with E-state index in [2.05, 4.69) is 46.2 Å². The lowest BCUT2D eigenvalue weighted by molar-refractivity contribution is -0.202. The molecular formula is C27H34N2O3. The lowest BCUT2D eigenvalue weighted by Crippen LogP contribution is -2.84. The Labute approximate surface area is 191 Å². The highest BCUT2D eigenvalue weighted by molar-refractivity contribution is 5.80. The number of aliphatic hydroxyl groups is 1. The molecule has 170 valence electrons. The van der Waals surface area contributed by atoms with Crippen LogP contribution in [0.5, 0.6) is 5.75 Å². The molecule has 2 saturated heterocycles. The van der Waals surface area contributed by atoms with Crippen LogP contribution in [0.4, 0.5) is 0 Å². The molecule has 2 aromatic carbocycles. The summed E-state index contributed by atoms with van der Waals surface area (Å²) < 4.78 is 5.42. The zero-order valence-corrected chi connectivity index (χ0v) is 19.0. The van der Waals surface area contributed by atoms with E-state index in [0.717, 1.165) is 38.2 Å². The Balaban J connectivity index is 1.40. The Kier molecular flexibility index (Phi) is 5.95. The van der Waals surface area contributed by atoms with E-state index in [4.69, 9.17) is 4.74 Å². The summed E-state index contributed by atoms with van der Waals surface area (Å²) in [5.41, 5.74) is 2.33. The summed E-state index contributed by atoms with van der Waals surface area (Å²) in [7, 11) is 1.69. The van der Waals surface area contributed by atoms with Gasteiger partial charge in [0.25, 0.3) is 0 Å². The third-order valence-corrected chi connectivity index (χ3v) is 7.96. The van der Waals surface area contributed by atoms with Crippen molar-refractivity contribution in [3.8, 4) is 5.75 Å². The van der Waals surface area contributed by atoms with Crippen LogP contribution >= 0.6 is 0 Å². The molecule has 1 spiro atoms. The second-order valence-corrected chi connectivity index (χ2v) is 9.75. The van der Waals surface area contributed by atoms with Crippen molar-refractivity contribution in [1.82, 2.24) is 9.80 Å². The third-order valence-electron chi connectivity index (χ3n) is 7.96. The Morgan fingerprint density at radius 3 is 2.50 bits per heavy atom. The fourth-order valence-corrected chi connectivity index (χ4v) is 6.36. The second-order valence-electron chi connectivity index (χ2n) is 9.75. The summed E-state index contributed by atoms with van der Waals surface area (Å²) in [5.74, 6) is 1.63. The molecule has 0 bridgehead atoms. The van der Waals surface area contributed by atoms with Gasteiger partial charge in [-0.2, -0.15) is 0 Å². The lowest BCUT2D eigenvalue weighted by Gasteiger charge is -2.71. The summed E-state index contributed by atoms with van der Waals surface area (Å²) >= 11 is 0. The number of hydrogen-bond donors (Lipinski definition) is 1. The smallest absolute Gasteiger partial charge is 0.225 e. The molecule has 5 nitrogen and oxygen atoms in total. The monoisotopic (exact) mass is 434 g/mol. The van der Waals surface area contributed by atoms with Gasteiger partial charge >= 0.3 is 0 Å². The van der Waals surface area contributed by atoms with E-state index in [1.54, 1.807) is 7.11 Å². The van der Waals surface area contributed by atoms with Crippen LogP contribution in [0.3, 0.4) is 0 Å². The van der Waals surface area contributed by atoms with Gasteiger partial charge in [0.1, 0.15) is 5.75 Å². The van der Waals surface area contributed by atoms with E-state index in [-0.39, 0.29) is 30.0 Å². The first kappa shape index (κ1) is 21.5. The van der Waals surface area contributed by atoms with Gasteiger partial charge in [-0.3, -0.25) is 9.69 Å². The highest BCUT2D eigenvalue weighted by Crippen LogP contribution is 2.54. The second kappa shape index (κ2) is 8.87. The predicted molar refractivity (Wildman–Crippen MR) is 124 cm³/mol. The maximum absolute atomic E-state index is 13.2. The van der Waals surface area contributed by atoms with Gasteiger partial charge in [-0.25, -0.2) is 0 Å². The van der Waals surface area contributed by atoms with E-state index < -0.39 is 0 Å². The van der Waals surface area contributed by atoms with Gasteiger partial charge in [0.05, 0.1) is 19.3 Å². The molecule has 0 aromatic heterocycles. The topological polar surface area (TPSA) is 53.0 Å². The van der Waals surface area contributed by atoms with E-state index in [9.17, 15) is 9.90 Å². The Hall–Kier alpha value is -2.37. The van der Waals surface area contributed by atoms with E-state index >= 15 is 0 Å². The van der Waals surface area contributed by atoms with Crippen molar-refractivity contribution in [3.63, 3.8) is 0 Å². The molecule has 2 heterocycles. The normalized spacial score (nSPS) is 25.2. The van der Waals surface area contributed by atoms with Crippen molar-refractivity contribution >= 4 is 5.91 Å². The Morgan fingerprint density at radius 2 is 1.81 bits per heavy atom. The third kappa shape index (κ3) is 3.61. The van der Waals surface area contributed by atoms with Gasteiger partial charge < -0.3 is 14.7 Å². The molecule has 3 fully saturated rings. The minimum atomic E-state index is -0.109. The number of carbonyl (C=O) groups excluding carboxylic acids is 1. The fraction of sp³-hybridized carbons (Fsp3) is 0.519. The molecule has 2 aromatic rings. The first-order valence-electron chi connectivity index (χ1n) is 12.0. The van der Waals surface area contributed by atoms with Crippen LogP contribution in [0.25, 0.3) is 0 Å². The molecular weight excluding hydrogens is 400 g/mol. The van der Waals surface area contributed by atoms with Crippen LogP contribution < -0.4 is 4.74 Å². The molecule has 0 radical (unpaired) electrons. The summed E-state index contributed by atoms with van der Waals surface area (Å²) in [4.78, 5) is 17.7. The number of hydrogen-bond acceptors (Lipinski definition) is 4. The number of methoxy groups -OCH3 is 1. The first-order valence-corrected chi connectivity index (χ1v) is 12.0. The molecule has 5 rings (SSSR count). The molecule has 2 atom stereocenters. The Bertz CT molecular complexity index is 935. The highest BCUT2D eigenvalue weighted by Gasteiger charge is 2.66. The number of likely N-dealkylation sites (tertiary alicyclic amines) is 2. The van der Waals surface area contributed by atoms with Gasteiger partial charge in [-0.1, -0.05) is 61.7 Å². The van der Waals surface area contributed by atoms with Gasteiger partial charge in [-0.05, 0) is 36.1 Å². The SMILES string of the molecule is COc1cccc(CN2[C@H](CO)[C@@H](c3ccccc3)C23CN(C(=O)C2CCCCC2)C3)c1. The molecule has 2 aliphatic heterocycles. The zero-order chi connectivity index (χ0) is 22.1. The summed E-state index contributed by atoms with van der Waals surface area (Å²) in [6.45, 7) is 2.36. The zero-order valence-electron chi connectivity index (χ0n) is 19.0. The highest BCUT2D eigenvalue weighted by atomic mass is 16.5. The van der Waals surface area contributed by atoms with Gasteiger partial charge in [0.15, 0.2) is 0 Å². The molecule has 1 aliphatic carbocycles. The number of ether oxygens (including phenoxy) is 1. The molecule has 3 aliphatic rings.